The van der Waals surface area contributed by atoms with E-state index < -0.39 is 0 Å². The minimum absolute atomic E-state index is 0. The quantitative estimate of drug-likeness (QED) is 0.888. The second kappa shape index (κ2) is 6.26. The lowest BCUT2D eigenvalue weighted by molar-refractivity contribution is -0.133. The van der Waals surface area contributed by atoms with Gasteiger partial charge in [-0.25, -0.2) is 0 Å². The summed E-state index contributed by atoms with van der Waals surface area (Å²) < 4.78 is 0. The lowest BCUT2D eigenvalue weighted by Crippen LogP contribution is -2.43. The molecule has 2 aliphatic heterocycles. The van der Waals surface area contributed by atoms with Crippen molar-refractivity contribution in [2.24, 2.45) is 0 Å². The van der Waals surface area contributed by atoms with Crippen LogP contribution < -0.4 is 5.32 Å². The van der Waals surface area contributed by atoms with Crippen LogP contribution in [0.3, 0.4) is 0 Å². The number of amides is 1. The van der Waals surface area contributed by atoms with Gasteiger partial charge >= 0.3 is 0 Å². The molecule has 3 heterocycles. The van der Waals surface area contributed by atoms with Gasteiger partial charge < -0.3 is 10.2 Å². The molecule has 2 fully saturated rings. The third-order valence-corrected chi connectivity index (χ3v) is 4.81. The largest absolute Gasteiger partial charge is 0.335 e. The normalized spacial score (nSPS) is 24.1. The number of benzene rings is 1. The van der Waals surface area contributed by atoms with Crippen LogP contribution in [0.2, 0.25) is 0 Å². The molecule has 2 unspecified atom stereocenters. The molecular formula is C16H21ClN4O. The Balaban J connectivity index is 0.00000144. The highest BCUT2D eigenvalue weighted by Crippen LogP contribution is 2.29. The number of hydrogen-bond acceptors (Lipinski definition) is 3. The molecule has 1 aromatic heterocycles. The van der Waals surface area contributed by atoms with Crippen molar-refractivity contribution in [1.29, 1.82) is 0 Å². The minimum atomic E-state index is 0. The zero-order valence-corrected chi connectivity index (χ0v) is 13.2. The number of para-hydroxylation sites is 1. The second-order valence-corrected chi connectivity index (χ2v) is 6.07. The van der Waals surface area contributed by atoms with Gasteiger partial charge in [-0.1, -0.05) is 18.2 Å². The fraction of sp³-hybridized carbons (Fsp3) is 0.500. The molecule has 0 saturated carbocycles. The molecule has 5 nitrogen and oxygen atoms in total. The van der Waals surface area contributed by atoms with E-state index in [0.29, 0.717) is 18.5 Å². The van der Waals surface area contributed by atoms with Gasteiger partial charge in [-0.15, -0.1) is 12.4 Å². The fourth-order valence-corrected chi connectivity index (χ4v) is 3.78. The number of aromatic nitrogens is 2. The first kappa shape index (κ1) is 15.3. The maximum Gasteiger partial charge on any atom is 0.229 e. The molecule has 2 atom stereocenters. The molecule has 0 aliphatic carbocycles. The van der Waals surface area contributed by atoms with Crippen LogP contribution in [0.15, 0.2) is 24.3 Å². The standard InChI is InChI=1S/C16H20N4O.ClH/c21-16(20-11-5-6-12(20)10-17-8-7-11)9-15-13-3-1-2-4-14(13)18-19-15;/h1-4,11-12,17H,5-10H2,(H,18,19);1H. The summed E-state index contributed by atoms with van der Waals surface area (Å²) in [6.07, 6.45) is 3.79. The number of carbonyl (C=O) groups excluding carboxylic acids is 1. The van der Waals surface area contributed by atoms with Crippen LogP contribution in [0.5, 0.6) is 0 Å². The average molecular weight is 321 g/mol. The van der Waals surface area contributed by atoms with E-state index in [9.17, 15) is 4.79 Å². The minimum Gasteiger partial charge on any atom is -0.335 e. The van der Waals surface area contributed by atoms with Crippen LogP contribution in [-0.4, -0.2) is 46.2 Å². The Labute approximate surface area is 135 Å². The van der Waals surface area contributed by atoms with Crippen molar-refractivity contribution in [2.45, 2.75) is 37.8 Å². The number of nitrogens with zero attached hydrogens (tertiary/aromatic N) is 2. The molecule has 1 amide bonds. The summed E-state index contributed by atoms with van der Waals surface area (Å²) in [5, 5.41) is 11.8. The van der Waals surface area contributed by atoms with Crippen molar-refractivity contribution in [3.8, 4) is 0 Å². The van der Waals surface area contributed by atoms with Crippen LogP contribution in [0.1, 0.15) is 25.0 Å². The highest BCUT2D eigenvalue weighted by atomic mass is 35.5. The number of nitrogens with one attached hydrogen (secondary N) is 2. The van der Waals surface area contributed by atoms with Gasteiger partial charge in [0.25, 0.3) is 0 Å². The van der Waals surface area contributed by atoms with Crippen molar-refractivity contribution >= 4 is 29.2 Å². The van der Waals surface area contributed by atoms with E-state index in [2.05, 4.69) is 20.4 Å². The SMILES string of the molecule is Cl.O=C(Cc1[nH]nc2ccccc12)N1C2CCNCC1CC2. The van der Waals surface area contributed by atoms with Crippen molar-refractivity contribution in [3.63, 3.8) is 0 Å². The number of H-pyrrole nitrogens is 1. The van der Waals surface area contributed by atoms with Crippen molar-refractivity contribution in [1.82, 2.24) is 20.4 Å². The maximum atomic E-state index is 12.8. The summed E-state index contributed by atoms with van der Waals surface area (Å²) >= 11 is 0. The molecule has 2 N–H and O–H groups in total. The number of carbonyl (C=O) groups is 1. The molecule has 22 heavy (non-hydrogen) atoms. The molecule has 2 bridgehead atoms. The van der Waals surface area contributed by atoms with E-state index in [1.807, 2.05) is 24.3 Å². The van der Waals surface area contributed by atoms with Crippen molar-refractivity contribution < 1.29 is 4.79 Å². The topological polar surface area (TPSA) is 61.0 Å². The van der Waals surface area contributed by atoms with Gasteiger partial charge in [-0.3, -0.25) is 9.89 Å². The predicted octanol–water partition coefficient (Wildman–Crippen LogP) is 1.88. The van der Waals surface area contributed by atoms with Gasteiger partial charge in [-0.2, -0.15) is 5.10 Å². The molecule has 0 radical (unpaired) electrons. The first-order valence-electron chi connectivity index (χ1n) is 7.77. The lowest BCUT2D eigenvalue weighted by atomic mass is 10.1. The van der Waals surface area contributed by atoms with E-state index in [1.165, 1.54) is 0 Å². The van der Waals surface area contributed by atoms with Crippen LogP contribution >= 0.6 is 12.4 Å². The van der Waals surface area contributed by atoms with Gasteiger partial charge in [0.05, 0.1) is 17.6 Å². The Morgan fingerprint density at radius 3 is 2.95 bits per heavy atom. The van der Waals surface area contributed by atoms with E-state index in [-0.39, 0.29) is 18.3 Å². The van der Waals surface area contributed by atoms with Gasteiger partial charge in [0.2, 0.25) is 5.91 Å². The summed E-state index contributed by atoms with van der Waals surface area (Å²) in [4.78, 5) is 14.9. The zero-order valence-electron chi connectivity index (χ0n) is 12.4. The predicted molar refractivity (Wildman–Crippen MR) is 88.2 cm³/mol. The zero-order chi connectivity index (χ0) is 14.2. The van der Waals surface area contributed by atoms with E-state index in [0.717, 1.165) is 48.9 Å². The number of fused-ring (bicyclic) bond motifs is 3. The van der Waals surface area contributed by atoms with Crippen LogP contribution in [-0.2, 0) is 11.2 Å². The molecule has 4 rings (SSSR count). The van der Waals surface area contributed by atoms with E-state index >= 15 is 0 Å². The first-order valence-corrected chi connectivity index (χ1v) is 7.77. The van der Waals surface area contributed by atoms with Gasteiger partial charge in [0.15, 0.2) is 0 Å². The summed E-state index contributed by atoms with van der Waals surface area (Å²) in [5.41, 5.74) is 1.87. The molecule has 2 saturated heterocycles. The Morgan fingerprint density at radius 1 is 1.23 bits per heavy atom. The number of hydrogen-bond donors (Lipinski definition) is 2. The summed E-state index contributed by atoms with van der Waals surface area (Å²) in [5.74, 6) is 0.237. The lowest BCUT2D eigenvalue weighted by Gasteiger charge is -2.27. The molecular weight excluding hydrogens is 300 g/mol. The number of halogens is 1. The summed E-state index contributed by atoms with van der Waals surface area (Å²) in [6.45, 7) is 1.96. The molecule has 2 aliphatic rings. The van der Waals surface area contributed by atoms with E-state index in [4.69, 9.17) is 0 Å². The fourth-order valence-electron chi connectivity index (χ4n) is 3.78. The summed E-state index contributed by atoms with van der Waals surface area (Å²) in [6, 6.07) is 8.76. The van der Waals surface area contributed by atoms with Gasteiger partial charge in [0.1, 0.15) is 0 Å². The summed E-state index contributed by atoms with van der Waals surface area (Å²) in [7, 11) is 0. The Morgan fingerprint density at radius 2 is 2.05 bits per heavy atom. The average Bonchev–Trinajstić information content (AvgIpc) is 2.99. The maximum absolute atomic E-state index is 12.8. The highest BCUT2D eigenvalue weighted by Gasteiger charge is 2.37. The third kappa shape index (κ3) is 2.59. The van der Waals surface area contributed by atoms with Crippen LogP contribution in [0.4, 0.5) is 0 Å². The van der Waals surface area contributed by atoms with Crippen molar-refractivity contribution in [3.05, 3.63) is 30.0 Å². The Kier molecular flexibility index (Phi) is 4.36. The highest BCUT2D eigenvalue weighted by molar-refractivity contribution is 5.87. The Bertz CT molecular complexity index is 657. The van der Waals surface area contributed by atoms with Crippen molar-refractivity contribution in [2.75, 3.05) is 13.1 Å². The molecule has 118 valence electrons. The third-order valence-electron chi connectivity index (χ3n) is 4.81. The smallest absolute Gasteiger partial charge is 0.229 e. The van der Waals surface area contributed by atoms with Crippen LogP contribution in [0, 0.1) is 0 Å². The Hall–Kier alpha value is -1.59. The van der Waals surface area contributed by atoms with Gasteiger partial charge in [0, 0.05) is 24.0 Å². The number of aromatic amines is 1. The monoisotopic (exact) mass is 320 g/mol. The van der Waals surface area contributed by atoms with Gasteiger partial charge in [-0.05, 0) is 31.9 Å². The molecule has 2 aromatic rings. The van der Waals surface area contributed by atoms with E-state index in [1.54, 1.807) is 0 Å². The molecule has 6 heteroatoms. The van der Waals surface area contributed by atoms with Crippen LogP contribution in [0.25, 0.3) is 10.9 Å². The second-order valence-electron chi connectivity index (χ2n) is 6.07. The molecule has 0 spiro atoms. The number of rotatable bonds is 2. The molecule has 1 aromatic carbocycles. The first-order chi connectivity index (χ1) is 10.3.